The van der Waals surface area contributed by atoms with Crippen molar-refractivity contribution in [2.45, 2.75) is 19.4 Å². The minimum atomic E-state index is -0.0438. The van der Waals surface area contributed by atoms with Crippen molar-refractivity contribution in [3.05, 3.63) is 28.8 Å². The Labute approximate surface area is 125 Å². The Balaban J connectivity index is 0.00000324. The molecule has 1 unspecified atom stereocenters. The average molecular weight is 307 g/mol. The summed E-state index contributed by atoms with van der Waals surface area (Å²) in [6.45, 7) is 2.60. The number of nitrogens with one attached hydrogen (secondary N) is 2. The number of ether oxygens (including phenoxy) is 1. The molecule has 0 aromatic heterocycles. The SMILES string of the molecule is CNC(C)CNC(=O)Cc1cc(Cl)ccc1OC.Cl. The lowest BCUT2D eigenvalue weighted by molar-refractivity contribution is -0.120. The van der Waals surface area contributed by atoms with E-state index in [1.165, 1.54) is 0 Å². The van der Waals surface area contributed by atoms with Gasteiger partial charge in [-0.25, -0.2) is 0 Å². The van der Waals surface area contributed by atoms with Crippen molar-refractivity contribution in [2.75, 3.05) is 20.7 Å². The van der Waals surface area contributed by atoms with Crippen molar-refractivity contribution < 1.29 is 9.53 Å². The first-order valence-electron chi connectivity index (χ1n) is 5.83. The highest BCUT2D eigenvalue weighted by Crippen LogP contribution is 2.22. The summed E-state index contributed by atoms with van der Waals surface area (Å²) in [6, 6.07) is 5.50. The summed E-state index contributed by atoms with van der Waals surface area (Å²) in [7, 11) is 3.44. The molecule has 6 heteroatoms. The summed E-state index contributed by atoms with van der Waals surface area (Å²) < 4.78 is 5.20. The molecule has 0 saturated heterocycles. The van der Waals surface area contributed by atoms with Crippen LogP contribution in [0.3, 0.4) is 0 Å². The number of halogens is 2. The number of likely N-dealkylation sites (N-methyl/N-ethyl adjacent to an activating group) is 1. The molecular formula is C13H20Cl2N2O2. The molecule has 0 aliphatic rings. The molecular weight excluding hydrogens is 287 g/mol. The number of methoxy groups -OCH3 is 1. The van der Waals surface area contributed by atoms with Crippen molar-refractivity contribution >= 4 is 29.9 Å². The van der Waals surface area contributed by atoms with E-state index in [0.717, 1.165) is 5.56 Å². The van der Waals surface area contributed by atoms with Crippen LogP contribution in [0.2, 0.25) is 5.02 Å². The molecule has 1 rings (SSSR count). The highest BCUT2D eigenvalue weighted by molar-refractivity contribution is 6.30. The van der Waals surface area contributed by atoms with Gasteiger partial charge in [-0.15, -0.1) is 12.4 Å². The van der Waals surface area contributed by atoms with E-state index in [1.807, 2.05) is 14.0 Å². The van der Waals surface area contributed by atoms with Gasteiger partial charge in [0.05, 0.1) is 13.5 Å². The second-order valence-corrected chi connectivity index (χ2v) is 4.56. The van der Waals surface area contributed by atoms with Crippen LogP contribution in [0, 0.1) is 0 Å². The summed E-state index contributed by atoms with van der Waals surface area (Å²) in [6.07, 6.45) is 0.264. The van der Waals surface area contributed by atoms with Gasteiger partial charge in [0, 0.05) is 23.2 Å². The Morgan fingerprint density at radius 3 is 2.74 bits per heavy atom. The first-order valence-corrected chi connectivity index (χ1v) is 6.21. The zero-order valence-electron chi connectivity index (χ0n) is 11.3. The molecule has 2 N–H and O–H groups in total. The Bertz CT molecular complexity index is 414. The molecule has 0 aliphatic carbocycles. The number of carbonyl (C=O) groups excluding carboxylic acids is 1. The third kappa shape index (κ3) is 6.14. The Hall–Kier alpha value is -0.970. The molecule has 4 nitrogen and oxygen atoms in total. The van der Waals surface area contributed by atoms with Crippen LogP contribution < -0.4 is 15.4 Å². The molecule has 0 radical (unpaired) electrons. The Kier molecular flexibility index (Phi) is 8.56. The molecule has 1 atom stereocenters. The molecule has 0 saturated carbocycles. The van der Waals surface area contributed by atoms with Crippen molar-refractivity contribution in [3.8, 4) is 5.75 Å². The minimum absolute atomic E-state index is 0. The third-order valence-electron chi connectivity index (χ3n) is 2.69. The lowest BCUT2D eigenvalue weighted by atomic mass is 10.1. The standard InChI is InChI=1S/C13H19ClN2O2.ClH/c1-9(15-2)8-16-13(17)7-10-6-11(14)4-5-12(10)18-3;/h4-6,9,15H,7-8H2,1-3H3,(H,16,17);1H. The summed E-state index contributed by atoms with van der Waals surface area (Å²) in [5, 5.41) is 6.51. The minimum Gasteiger partial charge on any atom is -0.496 e. The first kappa shape index (κ1) is 18.0. The lowest BCUT2D eigenvalue weighted by Crippen LogP contribution is -2.37. The van der Waals surface area contributed by atoms with Crippen LogP contribution in [-0.4, -0.2) is 32.7 Å². The summed E-state index contributed by atoms with van der Waals surface area (Å²) >= 11 is 5.91. The average Bonchev–Trinajstić information content (AvgIpc) is 2.36. The monoisotopic (exact) mass is 306 g/mol. The first-order chi connectivity index (χ1) is 8.56. The van der Waals surface area contributed by atoms with E-state index in [4.69, 9.17) is 16.3 Å². The van der Waals surface area contributed by atoms with E-state index in [2.05, 4.69) is 10.6 Å². The topological polar surface area (TPSA) is 50.4 Å². The predicted molar refractivity (Wildman–Crippen MR) is 80.5 cm³/mol. The maximum atomic E-state index is 11.8. The fourth-order valence-corrected chi connectivity index (χ4v) is 1.68. The summed E-state index contributed by atoms with van der Waals surface area (Å²) in [5.41, 5.74) is 0.791. The molecule has 1 aromatic carbocycles. The van der Waals surface area contributed by atoms with Gasteiger partial charge in [-0.05, 0) is 32.2 Å². The van der Waals surface area contributed by atoms with Crippen molar-refractivity contribution in [2.24, 2.45) is 0 Å². The van der Waals surface area contributed by atoms with Gasteiger partial charge in [-0.2, -0.15) is 0 Å². The van der Waals surface area contributed by atoms with Crippen LogP contribution in [0.1, 0.15) is 12.5 Å². The summed E-state index contributed by atoms with van der Waals surface area (Å²) in [4.78, 5) is 11.8. The molecule has 1 amide bonds. The molecule has 0 bridgehead atoms. The highest BCUT2D eigenvalue weighted by Gasteiger charge is 2.10. The van der Waals surface area contributed by atoms with Crippen molar-refractivity contribution in [1.29, 1.82) is 0 Å². The molecule has 0 heterocycles. The second-order valence-electron chi connectivity index (χ2n) is 4.13. The number of rotatable bonds is 6. The highest BCUT2D eigenvalue weighted by atomic mass is 35.5. The van der Waals surface area contributed by atoms with Crippen LogP contribution in [0.4, 0.5) is 0 Å². The number of carbonyl (C=O) groups is 1. The van der Waals surface area contributed by atoms with Crippen molar-refractivity contribution in [3.63, 3.8) is 0 Å². The van der Waals surface area contributed by atoms with E-state index in [0.29, 0.717) is 17.3 Å². The van der Waals surface area contributed by atoms with Gasteiger partial charge in [0.25, 0.3) is 0 Å². The second kappa shape index (κ2) is 9.02. The Morgan fingerprint density at radius 2 is 2.16 bits per heavy atom. The smallest absolute Gasteiger partial charge is 0.224 e. The zero-order chi connectivity index (χ0) is 13.5. The Morgan fingerprint density at radius 1 is 1.47 bits per heavy atom. The van der Waals surface area contributed by atoms with Gasteiger partial charge < -0.3 is 15.4 Å². The molecule has 0 spiro atoms. The van der Waals surface area contributed by atoms with E-state index in [1.54, 1.807) is 25.3 Å². The number of hydrogen-bond acceptors (Lipinski definition) is 3. The van der Waals surface area contributed by atoms with Gasteiger partial charge in [0.1, 0.15) is 5.75 Å². The number of hydrogen-bond donors (Lipinski definition) is 2. The maximum Gasteiger partial charge on any atom is 0.224 e. The number of benzene rings is 1. The van der Waals surface area contributed by atoms with Gasteiger partial charge in [0.2, 0.25) is 5.91 Å². The van der Waals surface area contributed by atoms with Crippen LogP contribution in [0.15, 0.2) is 18.2 Å². The third-order valence-corrected chi connectivity index (χ3v) is 2.93. The number of amides is 1. The van der Waals surface area contributed by atoms with Crippen molar-refractivity contribution in [1.82, 2.24) is 10.6 Å². The zero-order valence-corrected chi connectivity index (χ0v) is 12.9. The van der Waals surface area contributed by atoms with E-state index >= 15 is 0 Å². The van der Waals surface area contributed by atoms with Crippen LogP contribution in [0.25, 0.3) is 0 Å². The van der Waals surface area contributed by atoms with Gasteiger partial charge >= 0.3 is 0 Å². The largest absolute Gasteiger partial charge is 0.496 e. The fraction of sp³-hybridized carbons (Fsp3) is 0.462. The molecule has 19 heavy (non-hydrogen) atoms. The normalized spacial score (nSPS) is 11.4. The molecule has 108 valence electrons. The van der Waals surface area contributed by atoms with E-state index < -0.39 is 0 Å². The van der Waals surface area contributed by atoms with E-state index in [-0.39, 0.29) is 30.8 Å². The van der Waals surface area contributed by atoms with Crippen LogP contribution in [0.5, 0.6) is 5.75 Å². The quantitative estimate of drug-likeness (QED) is 0.845. The lowest BCUT2D eigenvalue weighted by Gasteiger charge is -2.12. The van der Waals surface area contributed by atoms with Gasteiger partial charge in [-0.3, -0.25) is 4.79 Å². The summed E-state index contributed by atoms with van der Waals surface area (Å²) in [5.74, 6) is 0.633. The molecule has 0 fully saturated rings. The van der Waals surface area contributed by atoms with E-state index in [9.17, 15) is 4.79 Å². The maximum absolute atomic E-state index is 11.8. The van der Waals surface area contributed by atoms with Crippen LogP contribution in [-0.2, 0) is 11.2 Å². The van der Waals surface area contributed by atoms with Gasteiger partial charge in [0.15, 0.2) is 0 Å². The predicted octanol–water partition coefficient (Wildman–Crippen LogP) is 2.04. The van der Waals surface area contributed by atoms with Crippen LogP contribution >= 0.6 is 24.0 Å². The molecule has 0 aliphatic heterocycles. The fourth-order valence-electron chi connectivity index (χ4n) is 1.49. The molecule has 1 aromatic rings. The van der Waals surface area contributed by atoms with Gasteiger partial charge in [-0.1, -0.05) is 11.6 Å².